The van der Waals surface area contributed by atoms with Crippen LogP contribution in [0.3, 0.4) is 0 Å². The molecule has 7 nitrogen and oxygen atoms in total. The van der Waals surface area contributed by atoms with Gasteiger partial charge in [0.05, 0.1) is 23.1 Å². The summed E-state index contributed by atoms with van der Waals surface area (Å²) in [7, 11) is 0. The zero-order valence-electron chi connectivity index (χ0n) is 19.4. The Hall–Kier alpha value is -3.50. The number of aromatic nitrogens is 2. The molecule has 0 radical (unpaired) electrons. The van der Waals surface area contributed by atoms with Gasteiger partial charge in [0.15, 0.2) is 0 Å². The number of rotatable bonds is 7. The van der Waals surface area contributed by atoms with E-state index in [1.165, 1.54) is 15.4 Å². The number of thiocarbonyl (C=S) groups is 1. The lowest BCUT2D eigenvalue weighted by atomic mass is 10.1. The van der Waals surface area contributed by atoms with Crippen LogP contribution in [-0.4, -0.2) is 36.2 Å². The van der Waals surface area contributed by atoms with Crippen molar-refractivity contribution in [3.8, 4) is 0 Å². The number of halogens is 1. The fraction of sp³-hybridized carbons (Fsp3) is 0.111. The number of fused-ring (bicyclic) bond motifs is 1. The molecule has 1 fully saturated rings. The largest absolute Gasteiger partial charge is 0.387 e. The summed E-state index contributed by atoms with van der Waals surface area (Å²) in [6.45, 7) is 0.346. The average molecular weight is 549 g/mol. The monoisotopic (exact) mass is 548 g/mol. The molecule has 0 bridgehead atoms. The van der Waals surface area contributed by atoms with Crippen molar-refractivity contribution in [2.24, 2.45) is 0 Å². The molecule has 2 aromatic carbocycles. The molecule has 0 saturated carbocycles. The predicted octanol–water partition coefficient (Wildman–Crippen LogP) is 4.89. The molecule has 1 saturated heterocycles. The third-order valence-electron chi connectivity index (χ3n) is 5.85. The number of aliphatic hydroxyl groups excluding tert-OH is 1. The molecule has 1 amide bonds. The molecule has 5 rings (SSSR count). The van der Waals surface area contributed by atoms with E-state index in [-0.39, 0.29) is 35.9 Å². The molecule has 3 heterocycles. The highest BCUT2D eigenvalue weighted by Gasteiger charge is 2.33. The lowest BCUT2D eigenvalue weighted by Crippen LogP contribution is -2.27. The van der Waals surface area contributed by atoms with Gasteiger partial charge in [0.25, 0.3) is 11.5 Å². The van der Waals surface area contributed by atoms with Crippen molar-refractivity contribution >= 4 is 63.3 Å². The highest BCUT2D eigenvalue weighted by atomic mass is 35.5. The van der Waals surface area contributed by atoms with Gasteiger partial charge in [-0.2, -0.15) is 0 Å². The Morgan fingerprint density at radius 1 is 1.05 bits per heavy atom. The highest BCUT2D eigenvalue weighted by Crippen LogP contribution is 2.35. The zero-order chi connectivity index (χ0) is 25.9. The van der Waals surface area contributed by atoms with Gasteiger partial charge in [-0.3, -0.25) is 18.9 Å². The summed E-state index contributed by atoms with van der Waals surface area (Å²) in [6, 6.07) is 21.7. The Labute approximate surface area is 227 Å². The van der Waals surface area contributed by atoms with Gasteiger partial charge in [0, 0.05) is 17.8 Å². The van der Waals surface area contributed by atoms with Crippen LogP contribution in [0.25, 0.3) is 11.7 Å². The first kappa shape index (κ1) is 25.2. The van der Waals surface area contributed by atoms with E-state index >= 15 is 0 Å². The molecule has 0 unspecified atom stereocenters. The summed E-state index contributed by atoms with van der Waals surface area (Å²) in [6.07, 6.45) is 2.31. The number of carbonyl (C=O) groups is 1. The fourth-order valence-electron chi connectivity index (χ4n) is 3.92. The van der Waals surface area contributed by atoms with Gasteiger partial charge in [-0.15, -0.1) is 0 Å². The smallest absolute Gasteiger partial charge is 0.267 e. The van der Waals surface area contributed by atoms with Crippen molar-refractivity contribution in [2.45, 2.75) is 12.6 Å². The summed E-state index contributed by atoms with van der Waals surface area (Å²) in [5.74, 6) is -0.0506. The minimum absolute atomic E-state index is 0.119. The zero-order valence-corrected chi connectivity index (χ0v) is 21.8. The lowest BCUT2D eigenvalue weighted by Gasteiger charge is -2.16. The van der Waals surface area contributed by atoms with Crippen molar-refractivity contribution in [1.82, 2.24) is 14.3 Å². The maximum atomic E-state index is 13.4. The first-order valence-electron chi connectivity index (χ1n) is 11.4. The molecule has 10 heteroatoms. The Balaban J connectivity index is 1.49. The van der Waals surface area contributed by atoms with Crippen molar-refractivity contribution in [1.29, 1.82) is 0 Å². The van der Waals surface area contributed by atoms with Gasteiger partial charge in [-0.25, -0.2) is 4.98 Å². The van der Waals surface area contributed by atoms with Gasteiger partial charge in [-0.1, -0.05) is 90.2 Å². The normalized spacial score (nSPS) is 15.5. The summed E-state index contributed by atoms with van der Waals surface area (Å²) >= 11 is 12.9. The summed E-state index contributed by atoms with van der Waals surface area (Å²) in [5.41, 5.74) is 1.79. The molecular weight excluding hydrogens is 528 g/mol. The maximum Gasteiger partial charge on any atom is 0.267 e. The molecule has 2 aromatic heterocycles. The van der Waals surface area contributed by atoms with Crippen molar-refractivity contribution < 1.29 is 9.90 Å². The van der Waals surface area contributed by atoms with E-state index in [0.717, 1.165) is 22.9 Å². The number of nitrogens with zero attached hydrogens (tertiary/aromatic N) is 3. The minimum Gasteiger partial charge on any atom is -0.387 e. The van der Waals surface area contributed by atoms with Crippen LogP contribution in [0.2, 0.25) is 5.02 Å². The van der Waals surface area contributed by atoms with Gasteiger partial charge >= 0.3 is 0 Å². The Morgan fingerprint density at radius 2 is 1.78 bits per heavy atom. The van der Waals surface area contributed by atoms with Gasteiger partial charge in [0.2, 0.25) is 0 Å². The molecular formula is C27H21ClN4O3S2. The number of nitrogens with one attached hydrogen (secondary N) is 1. The van der Waals surface area contributed by atoms with Crippen molar-refractivity contribution in [3.05, 3.63) is 116 Å². The number of aliphatic hydroxyl groups is 1. The van der Waals surface area contributed by atoms with Crippen LogP contribution >= 0.6 is 35.6 Å². The quantitative estimate of drug-likeness (QED) is 0.251. The number of amides is 1. The maximum absolute atomic E-state index is 13.4. The third kappa shape index (κ3) is 5.30. The average Bonchev–Trinajstić information content (AvgIpc) is 3.18. The topological polar surface area (TPSA) is 86.9 Å². The van der Waals surface area contributed by atoms with Gasteiger partial charge in [0.1, 0.15) is 15.8 Å². The second-order valence-electron chi connectivity index (χ2n) is 8.27. The van der Waals surface area contributed by atoms with E-state index in [2.05, 4.69) is 10.3 Å². The molecule has 2 N–H and O–H groups in total. The summed E-state index contributed by atoms with van der Waals surface area (Å²) in [5, 5.41) is 14.3. The third-order valence-corrected chi connectivity index (χ3v) is 7.60. The molecule has 186 valence electrons. The number of hydrogen-bond acceptors (Lipinski definition) is 7. The van der Waals surface area contributed by atoms with Crippen LogP contribution in [0.5, 0.6) is 0 Å². The molecule has 4 aromatic rings. The van der Waals surface area contributed by atoms with Crippen molar-refractivity contribution in [3.63, 3.8) is 0 Å². The minimum atomic E-state index is -0.820. The van der Waals surface area contributed by atoms with Crippen molar-refractivity contribution in [2.75, 3.05) is 11.9 Å². The van der Waals surface area contributed by atoms with E-state index in [4.69, 9.17) is 23.8 Å². The second kappa shape index (κ2) is 10.9. The van der Waals surface area contributed by atoms with Crippen LogP contribution in [0.4, 0.5) is 5.82 Å². The molecule has 1 atom stereocenters. The van der Waals surface area contributed by atoms with Crippen LogP contribution in [0.15, 0.2) is 88.7 Å². The number of thioether (sulfide) groups is 1. The Morgan fingerprint density at radius 3 is 2.57 bits per heavy atom. The van der Waals surface area contributed by atoms with Gasteiger partial charge < -0.3 is 10.4 Å². The summed E-state index contributed by atoms with van der Waals surface area (Å²) < 4.78 is 1.79. The summed E-state index contributed by atoms with van der Waals surface area (Å²) in [4.78, 5) is 33.1. The van der Waals surface area contributed by atoms with E-state index < -0.39 is 6.10 Å². The predicted molar refractivity (Wildman–Crippen MR) is 152 cm³/mol. The standard InChI is InChI=1S/C27H21ClN4O3S2/c28-20-11-5-4-10-18(20)16-32-26(35)22(37-27(32)36)14-19-24(29-15-21(33)17-8-2-1-3-9-17)30-23-12-6-7-13-31(23)25(19)34/h1-14,21,29,33H,15-16H2/b22-14-/t21-/m0/s1. The van der Waals surface area contributed by atoms with Crippen LogP contribution in [0, 0.1) is 0 Å². The number of benzene rings is 2. The van der Waals surface area contributed by atoms with E-state index in [1.807, 2.05) is 48.5 Å². The van der Waals surface area contributed by atoms with Crippen LogP contribution in [-0.2, 0) is 11.3 Å². The lowest BCUT2D eigenvalue weighted by molar-refractivity contribution is -0.122. The fourth-order valence-corrected chi connectivity index (χ4v) is 5.35. The number of anilines is 1. The number of hydrogen-bond donors (Lipinski definition) is 2. The first-order chi connectivity index (χ1) is 17.9. The molecule has 0 aliphatic carbocycles. The van der Waals surface area contributed by atoms with Crippen LogP contribution in [0.1, 0.15) is 22.8 Å². The van der Waals surface area contributed by atoms with Gasteiger partial charge in [-0.05, 0) is 35.4 Å². The molecule has 37 heavy (non-hydrogen) atoms. The number of carbonyl (C=O) groups excluding carboxylic acids is 1. The molecule has 1 aliphatic rings. The highest BCUT2D eigenvalue weighted by molar-refractivity contribution is 8.26. The number of pyridine rings is 1. The first-order valence-corrected chi connectivity index (χ1v) is 13.0. The Bertz CT molecular complexity index is 1590. The SMILES string of the molecule is O=C1/C(=C/c2c(NC[C@H](O)c3ccccc3)nc3ccccn3c2=O)SC(=S)N1Cc1ccccc1Cl. The molecule has 0 spiro atoms. The van der Waals surface area contributed by atoms with E-state index in [9.17, 15) is 14.7 Å². The van der Waals surface area contributed by atoms with E-state index in [0.29, 0.717) is 19.9 Å². The second-order valence-corrected chi connectivity index (χ2v) is 10.4. The van der Waals surface area contributed by atoms with Crippen LogP contribution < -0.4 is 10.9 Å². The Kier molecular flexibility index (Phi) is 7.38. The van der Waals surface area contributed by atoms with E-state index in [1.54, 1.807) is 30.5 Å². The molecule has 1 aliphatic heterocycles.